The van der Waals surface area contributed by atoms with E-state index in [0.717, 1.165) is 32.1 Å². The standard InChI is InChI=1S/C29H48O3/c1-18(31)19-9-14-29(17-30)16-15-27(5)20(24(19)29)7-8-22-26(4)12-11-23(32)25(2,3)21(26)10-13-28(22,27)6/h19-24,30,32H,7-17H2,1-6H3/t19-,20?,21-,22+,23-,24?,26-,27+,28+,29+/m0/s1. The molecule has 3 nitrogen and oxygen atoms in total. The van der Waals surface area contributed by atoms with Crippen LogP contribution in [0.3, 0.4) is 0 Å². The zero-order valence-electron chi connectivity index (χ0n) is 21.5. The minimum Gasteiger partial charge on any atom is -0.396 e. The van der Waals surface area contributed by atoms with Crippen LogP contribution in [0.4, 0.5) is 0 Å². The van der Waals surface area contributed by atoms with Crippen molar-refractivity contribution < 1.29 is 15.0 Å². The first-order valence-electron chi connectivity index (χ1n) is 13.7. The molecular formula is C29H48O3. The Labute approximate surface area is 196 Å². The monoisotopic (exact) mass is 444 g/mol. The highest BCUT2D eigenvalue weighted by atomic mass is 16.3. The van der Waals surface area contributed by atoms with Crippen molar-refractivity contribution in [2.24, 2.45) is 56.7 Å². The molecule has 32 heavy (non-hydrogen) atoms. The van der Waals surface area contributed by atoms with E-state index in [1.807, 2.05) is 0 Å². The number of carbonyl (C=O) groups excluding carboxylic acids is 1. The Morgan fingerprint density at radius 3 is 2.19 bits per heavy atom. The molecule has 2 N–H and O–H groups in total. The van der Waals surface area contributed by atoms with Gasteiger partial charge in [-0.15, -0.1) is 0 Å². The molecule has 5 aliphatic carbocycles. The Bertz CT molecular complexity index is 789. The van der Waals surface area contributed by atoms with Crippen molar-refractivity contribution in [3.8, 4) is 0 Å². The Balaban J connectivity index is 1.55. The first-order valence-corrected chi connectivity index (χ1v) is 13.7. The van der Waals surface area contributed by atoms with Crippen molar-refractivity contribution in [1.82, 2.24) is 0 Å². The normalized spacial score (nSPS) is 56.5. The predicted octanol–water partition coefficient (Wildman–Crippen LogP) is 6.01. The van der Waals surface area contributed by atoms with Gasteiger partial charge < -0.3 is 10.2 Å². The molecule has 10 atom stereocenters. The molecule has 2 unspecified atom stereocenters. The maximum absolute atomic E-state index is 12.7. The summed E-state index contributed by atoms with van der Waals surface area (Å²) < 4.78 is 0. The van der Waals surface area contributed by atoms with Gasteiger partial charge in [0.25, 0.3) is 0 Å². The van der Waals surface area contributed by atoms with Crippen LogP contribution in [0.25, 0.3) is 0 Å². The summed E-state index contributed by atoms with van der Waals surface area (Å²) in [7, 11) is 0. The fourth-order valence-corrected chi connectivity index (χ4v) is 11.5. The lowest BCUT2D eigenvalue weighted by Gasteiger charge is -2.72. The molecular weight excluding hydrogens is 396 g/mol. The van der Waals surface area contributed by atoms with E-state index in [0.29, 0.717) is 34.9 Å². The van der Waals surface area contributed by atoms with E-state index in [4.69, 9.17) is 0 Å². The van der Waals surface area contributed by atoms with Crippen molar-refractivity contribution in [3.05, 3.63) is 0 Å². The summed E-state index contributed by atoms with van der Waals surface area (Å²) in [5.74, 6) is 2.73. The molecule has 0 aromatic carbocycles. The third-order valence-electron chi connectivity index (χ3n) is 13.4. The smallest absolute Gasteiger partial charge is 0.133 e. The van der Waals surface area contributed by atoms with Gasteiger partial charge in [0.05, 0.1) is 6.10 Å². The second kappa shape index (κ2) is 7.06. The summed E-state index contributed by atoms with van der Waals surface area (Å²) in [5.41, 5.74) is 0.805. The quantitative estimate of drug-likeness (QED) is 0.548. The molecule has 0 aromatic rings. The molecule has 5 fully saturated rings. The van der Waals surface area contributed by atoms with E-state index >= 15 is 0 Å². The van der Waals surface area contributed by atoms with Crippen LogP contribution >= 0.6 is 0 Å². The van der Waals surface area contributed by atoms with Crippen LogP contribution in [-0.2, 0) is 4.79 Å². The SMILES string of the molecule is CC(=O)[C@@H]1CC[C@]2(CO)CC[C@]3(C)C(CC[C@@H]4[C@@]5(C)CC[C@H](O)C(C)(C)[C@@H]5CC[C@]43C)C12. The van der Waals surface area contributed by atoms with Gasteiger partial charge in [0.2, 0.25) is 0 Å². The van der Waals surface area contributed by atoms with E-state index in [9.17, 15) is 15.0 Å². The summed E-state index contributed by atoms with van der Waals surface area (Å²) in [6.45, 7) is 14.5. The lowest BCUT2D eigenvalue weighted by Crippen LogP contribution is -2.66. The molecule has 0 radical (unpaired) electrons. The number of aliphatic hydroxyl groups excluding tert-OH is 2. The highest BCUT2D eigenvalue weighted by Gasteiger charge is 2.70. The van der Waals surface area contributed by atoms with E-state index in [-0.39, 0.29) is 40.3 Å². The highest BCUT2D eigenvalue weighted by molar-refractivity contribution is 5.79. The number of hydrogen-bond donors (Lipinski definition) is 2. The zero-order chi connectivity index (χ0) is 23.3. The lowest BCUT2D eigenvalue weighted by atomic mass is 9.32. The number of ketones is 1. The third kappa shape index (κ3) is 2.65. The van der Waals surface area contributed by atoms with Crippen LogP contribution in [0.5, 0.6) is 0 Å². The van der Waals surface area contributed by atoms with E-state index in [2.05, 4.69) is 34.6 Å². The van der Waals surface area contributed by atoms with Gasteiger partial charge in [-0.2, -0.15) is 0 Å². The number of hydrogen-bond acceptors (Lipinski definition) is 3. The molecule has 5 rings (SSSR count). The molecule has 0 saturated heterocycles. The summed E-state index contributed by atoms with van der Waals surface area (Å²) >= 11 is 0. The maximum atomic E-state index is 12.7. The van der Waals surface area contributed by atoms with Gasteiger partial charge in [0.1, 0.15) is 5.78 Å². The van der Waals surface area contributed by atoms with Crippen LogP contribution in [0.2, 0.25) is 0 Å². The minimum atomic E-state index is -0.175. The van der Waals surface area contributed by atoms with E-state index in [1.54, 1.807) is 6.92 Å². The lowest BCUT2D eigenvalue weighted by molar-refractivity contribution is -0.249. The zero-order valence-corrected chi connectivity index (χ0v) is 21.5. The molecule has 0 aromatic heterocycles. The van der Waals surface area contributed by atoms with Gasteiger partial charge in [-0.3, -0.25) is 4.79 Å². The summed E-state index contributed by atoms with van der Waals surface area (Å²) in [6, 6.07) is 0. The second-order valence-electron chi connectivity index (χ2n) is 14.3. The van der Waals surface area contributed by atoms with Crippen LogP contribution in [0.1, 0.15) is 106 Å². The average molecular weight is 445 g/mol. The number of carbonyl (C=O) groups is 1. The molecule has 3 heteroatoms. The Morgan fingerprint density at radius 2 is 1.53 bits per heavy atom. The van der Waals surface area contributed by atoms with Gasteiger partial charge in [-0.1, -0.05) is 34.6 Å². The molecule has 182 valence electrons. The van der Waals surface area contributed by atoms with Crippen molar-refractivity contribution in [1.29, 1.82) is 0 Å². The largest absolute Gasteiger partial charge is 0.396 e. The number of aliphatic hydroxyl groups is 2. The van der Waals surface area contributed by atoms with E-state index in [1.165, 1.54) is 32.1 Å². The van der Waals surface area contributed by atoms with Crippen LogP contribution in [0, 0.1) is 56.7 Å². The predicted molar refractivity (Wildman–Crippen MR) is 128 cm³/mol. The van der Waals surface area contributed by atoms with Crippen molar-refractivity contribution >= 4 is 5.78 Å². The fraction of sp³-hybridized carbons (Fsp3) is 0.966. The Kier molecular flexibility index (Phi) is 5.15. The third-order valence-corrected chi connectivity index (χ3v) is 13.4. The molecule has 0 aliphatic heterocycles. The first-order chi connectivity index (χ1) is 14.9. The van der Waals surface area contributed by atoms with Crippen LogP contribution in [-0.4, -0.2) is 28.7 Å². The van der Waals surface area contributed by atoms with Gasteiger partial charge in [0.15, 0.2) is 0 Å². The van der Waals surface area contributed by atoms with Gasteiger partial charge >= 0.3 is 0 Å². The fourth-order valence-electron chi connectivity index (χ4n) is 11.5. The van der Waals surface area contributed by atoms with Gasteiger partial charge in [-0.25, -0.2) is 0 Å². The summed E-state index contributed by atoms with van der Waals surface area (Å²) in [5, 5.41) is 21.4. The molecule has 0 bridgehead atoms. The van der Waals surface area contributed by atoms with E-state index < -0.39 is 0 Å². The summed E-state index contributed by atoms with van der Waals surface area (Å²) in [4.78, 5) is 12.7. The number of Topliss-reactive ketones (excluding diaryl/α,β-unsaturated/α-hetero) is 1. The Morgan fingerprint density at radius 1 is 0.812 bits per heavy atom. The molecule has 5 aliphatic rings. The van der Waals surface area contributed by atoms with Crippen LogP contribution < -0.4 is 0 Å². The van der Waals surface area contributed by atoms with Gasteiger partial charge in [0, 0.05) is 12.5 Å². The number of fused-ring (bicyclic) bond motifs is 7. The topological polar surface area (TPSA) is 57.5 Å². The van der Waals surface area contributed by atoms with Crippen molar-refractivity contribution in [2.75, 3.05) is 6.61 Å². The maximum Gasteiger partial charge on any atom is 0.133 e. The molecule has 0 spiro atoms. The molecule has 0 amide bonds. The first kappa shape index (κ1) is 23.3. The summed E-state index contributed by atoms with van der Waals surface area (Å²) in [6.07, 6.45) is 11.2. The highest BCUT2D eigenvalue weighted by Crippen LogP contribution is 2.77. The second-order valence-corrected chi connectivity index (χ2v) is 14.3. The Hall–Kier alpha value is -0.410. The van der Waals surface area contributed by atoms with Gasteiger partial charge in [-0.05, 0) is 122 Å². The van der Waals surface area contributed by atoms with Crippen molar-refractivity contribution in [2.45, 2.75) is 112 Å². The van der Waals surface area contributed by atoms with Crippen molar-refractivity contribution in [3.63, 3.8) is 0 Å². The van der Waals surface area contributed by atoms with Crippen LogP contribution in [0.15, 0.2) is 0 Å². The number of rotatable bonds is 2. The molecule has 5 saturated carbocycles. The average Bonchev–Trinajstić information content (AvgIpc) is 3.12. The molecule has 0 heterocycles. The minimum absolute atomic E-state index is 0.00410.